The van der Waals surface area contributed by atoms with E-state index in [-0.39, 0.29) is 0 Å². The molecule has 0 amide bonds. The molecule has 0 aliphatic carbocycles. The Morgan fingerprint density at radius 2 is 2.00 bits per heavy atom. The molecule has 0 radical (unpaired) electrons. The van der Waals surface area contributed by atoms with E-state index in [0.29, 0.717) is 10.6 Å². The van der Waals surface area contributed by atoms with Gasteiger partial charge in [0, 0.05) is 23.3 Å². The molecule has 84 valence electrons. The van der Waals surface area contributed by atoms with Gasteiger partial charge in [-0.25, -0.2) is 0 Å². The van der Waals surface area contributed by atoms with Crippen molar-refractivity contribution in [3.63, 3.8) is 0 Å². The van der Waals surface area contributed by atoms with Crippen molar-refractivity contribution in [2.75, 3.05) is 7.11 Å². The monoisotopic (exact) mass is 238 g/mol. The van der Waals surface area contributed by atoms with E-state index in [9.17, 15) is 5.11 Å². The van der Waals surface area contributed by atoms with Gasteiger partial charge in [-0.2, -0.15) is 0 Å². The molecule has 0 saturated heterocycles. The molecule has 2 rings (SSSR count). The van der Waals surface area contributed by atoms with Gasteiger partial charge >= 0.3 is 0 Å². The van der Waals surface area contributed by atoms with Crippen LogP contribution in [0, 0.1) is 0 Å². The first-order valence-electron chi connectivity index (χ1n) is 4.76. The number of rotatable bonds is 3. The molecule has 1 atom stereocenters. The van der Waals surface area contributed by atoms with E-state index in [2.05, 4.69) is 0 Å². The summed E-state index contributed by atoms with van der Waals surface area (Å²) in [5.41, 5.74) is 2.11. The molecule has 0 aliphatic heterocycles. The van der Waals surface area contributed by atoms with Gasteiger partial charge in [-0.15, -0.1) is 0 Å². The van der Waals surface area contributed by atoms with Gasteiger partial charge in [-0.05, 0) is 6.07 Å². The zero-order chi connectivity index (χ0) is 11.5. The quantitative estimate of drug-likeness (QED) is 0.835. The largest absolute Gasteiger partial charge is 0.471 e. The molecule has 0 spiro atoms. The second-order valence-corrected chi connectivity index (χ2v) is 3.72. The number of furan rings is 1. The summed E-state index contributed by atoms with van der Waals surface area (Å²) in [4.78, 5) is 0. The standard InChI is InChI=1S/C12H11ClO3/c1-15-12(14)10-7-16-6-9(10)8-4-2-3-5-11(8)13/h2-7,12,14H,1H3. The molecule has 1 aromatic heterocycles. The first-order chi connectivity index (χ1) is 7.74. The van der Waals surface area contributed by atoms with E-state index in [1.807, 2.05) is 18.2 Å². The van der Waals surface area contributed by atoms with Crippen molar-refractivity contribution < 1.29 is 14.3 Å². The second kappa shape index (κ2) is 4.70. The molecular formula is C12H11ClO3. The van der Waals surface area contributed by atoms with E-state index in [4.69, 9.17) is 20.8 Å². The Kier molecular flexibility index (Phi) is 3.29. The van der Waals surface area contributed by atoms with Gasteiger partial charge in [-0.1, -0.05) is 29.8 Å². The fraction of sp³-hybridized carbons (Fsp3) is 0.167. The lowest BCUT2D eigenvalue weighted by molar-refractivity contribution is -0.0768. The molecule has 0 aliphatic rings. The summed E-state index contributed by atoms with van der Waals surface area (Å²) in [7, 11) is 1.42. The van der Waals surface area contributed by atoms with Crippen molar-refractivity contribution in [3.8, 4) is 11.1 Å². The maximum absolute atomic E-state index is 9.63. The first-order valence-corrected chi connectivity index (χ1v) is 5.13. The summed E-state index contributed by atoms with van der Waals surface area (Å²) in [5, 5.41) is 10.2. The maximum Gasteiger partial charge on any atom is 0.184 e. The predicted molar refractivity (Wildman–Crippen MR) is 61.1 cm³/mol. The second-order valence-electron chi connectivity index (χ2n) is 3.31. The minimum absolute atomic E-state index is 0.565. The lowest BCUT2D eigenvalue weighted by atomic mass is 10.0. The number of hydrogen-bond donors (Lipinski definition) is 1. The molecular weight excluding hydrogens is 228 g/mol. The van der Waals surface area contributed by atoms with Gasteiger partial charge in [0.2, 0.25) is 0 Å². The van der Waals surface area contributed by atoms with Gasteiger partial charge < -0.3 is 14.3 Å². The number of aliphatic hydroxyl groups excluding tert-OH is 1. The third-order valence-corrected chi connectivity index (χ3v) is 2.67. The Labute approximate surface area is 98.2 Å². The molecule has 1 aromatic carbocycles. The fourth-order valence-electron chi connectivity index (χ4n) is 1.52. The van der Waals surface area contributed by atoms with E-state index in [1.165, 1.54) is 13.4 Å². The van der Waals surface area contributed by atoms with Crippen LogP contribution in [0.5, 0.6) is 0 Å². The van der Waals surface area contributed by atoms with Crippen molar-refractivity contribution in [3.05, 3.63) is 47.4 Å². The van der Waals surface area contributed by atoms with Crippen LogP contribution in [0.3, 0.4) is 0 Å². The lowest BCUT2D eigenvalue weighted by Crippen LogP contribution is -1.99. The SMILES string of the molecule is COC(O)c1cocc1-c1ccccc1Cl. The summed E-state index contributed by atoms with van der Waals surface area (Å²) < 4.78 is 9.93. The van der Waals surface area contributed by atoms with E-state index < -0.39 is 6.29 Å². The number of ether oxygens (including phenoxy) is 1. The van der Waals surface area contributed by atoms with Crippen LogP contribution in [-0.2, 0) is 4.74 Å². The minimum Gasteiger partial charge on any atom is -0.471 e. The molecule has 16 heavy (non-hydrogen) atoms. The van der Waals surface area contributed by atoms with Gasteiger partial charge in [-0.3, -0.25) is 0 Å². The van der Waals surface area contributed by atoms with Crippen molar-refractivity contribution in [1.82, 2.24) is 0 Å². The molecule has 0 saturated carbocycles. The Morgan fingerprint density at radius 1 is 1.25 bits per heavy atom. The van der Waals surface area contributed by atoms with Crippen LogP contribution in [0.25, 0.3) is 11.1 Å². The molecule has 0 fully saturated rings. The molecule has 1 N–H and O–H groups in total. The van der Waals surface area contributed by atoms with Crippen LogP contribution in [0.1, 0.15) is 11.9 Å². The van der Waals surface area contributed by atoms with Crippen LogP contribution >= 0.6 is 11.6 Å². The smallest absolute Gasteiger partial charge is 0.184 e. The third kappa shape index (κ3) is 1.97. The third-order valence-electron chi connectivity index (χ3n) is 2.35. The highest BCUT2D eigenvalue weighted by molar-refractivity contribution is 6.33. The number of benzene rings is 1. The highest BCUT2D eigenvalue weighted by Crippen LogP contribution is 2.34. The topological polar surface area (TPSA) is 42.6 Å². The molecule has 0 bridgehead atoms. The van der Waals surface area contributed by atoms with E-state index in [1.54, 1.807) is 12.3 Å². The van der Waals surface area contributed by atoms with Gasteiger partial charge in [0.15, 0.2) is 6.29 Å². The number of methoxy groups -OCH3 is 1. The first kappa shape index (κ1) is 11.2. The van der Waals surface area contributed by atoms with E-state index in [0.717, 1.165) is 11.1 Å². The van der Waals surface area contributed by atoms with Gasteiger partial charge in [0.05, 0.1) is 18.1 Å². The van der Waals surface area contributed by atoms with Crippen LogP contribution in [0.2, 0.25) is 5.02 Å². The average molecular weight is 239 g/mol. The van der Waals surface area contributed by atoms with E-state index >= 15 is 0 Å². The van der Waals surface area contributed by atoms with Crippen molar-refractivity contribution >= 4 is 11.6 Å². The number of hydrogen-bond acceptors (Lipinski definition) is 3. The predicted octanol–water partition coefficient (Wildman–Crippen LogP) is 3.24. The zero-order valence-corrected chi connectivity index (χ0v) is 9.44. The highest BCUT2D eigenvalue weighted by Gasteiger charge is 2.16. The summed E-state index contributed by atoms with van der Waals surface area (Å²) in [6.45, 7) is 0. The lowest BCUT2D eigenvalue weighted by Gasteiger charge is -2.09. The summed E-state index contributed by atoms with van der Waals surface area (Å²) in [5.74, 6) is 0. The normalized spacial score (nSPS) is 12.7. The summed E-state index contributed by atoms with van der Waals surface area (Å²) >= 11 is 6.07. The Bertz CT molecular complexity index is 479. The Balaban J connectivity index is 2.49. The van der Waals surface area contributed by atoms with Gasteiger partial charge in [0.25, 0.3) is 0 Å². The molecule has 2 aromatic rings. The van der Waals surface area contributed by atoms with Crippen LogP contribution in [-0.4, -0.2) is 12.2 Å². The maximum atomic E-state index is 9.63. The zero-order valence-electron chi connectivity index (χ0n) is 8.68. The average Bonchev–Trinajstić information content (AvgIpc) is 2.77. The minimum atomic E-state index is -1.01. The highest BCUT2D eigenvalue weighted by atomic mass is 35.5. The molecule has 1 unspecified atom stereocenters. The van der Waals surface area contributed by atoms with Crippen molar-refractivity contribution in [1.29, 1.82) is 0 Å². The molecule has 4 heteroatoms. The van der Waals surface area contributed by atoms with Gasteiger partial charge in [0.1, 0.15) is 0 Å². The van der Waals surface area contributed by atoms with Crippen LogP contribution < -0.4 is 0 Å². The van der Waals surface area contributed by atoms with Crippen LogP contribution in [0.4, 0.5) is 0 Å². The Hall–Kier alpha value is -1.29. The Morgan fingerprint density at radius 3 is 2.69 bits per heavy atom. The fourth-order valence-corrected chi connectivity index (χ4v) is 1.76. The van der Waals surface area contributed by atoms with Crippen LogP contribution in [0.15, 0.2) is 41.2 Å². The number of halogens is 1. The molecule has 3 nitrogen and oxygen atoms in total. The number of aliphatic hydroxyl groups is 1. The molecule has 1 heterocycles. The van der Waals surface area contributed by atoms with Crippen molar-refractivity contribution in [2.24, 2.45) is 0 Å². The van der Waals surface area contributed by atoms with Crippen molar-refractivity contribution in [2.45, 2.75) is 6.29 Å². The summed E-state index contributed by atoms with van der Waals surface area (Å²) in [6, 6.07) is 7.36. The summed E-state index contributed by atoms with van der Waals surface area (Å²) in [6.07, 6.45) is 1.98.